The normalized spacial score (nSPS) is 30.4. The predicted molar refractivity (Wildman–Crippen MR) is 152 cm³/mol. The van der Waals surface area contributed by atoms with Crippen LogP contribution in [0, 0.1) is 57.3 Å². The van der Waals surface area contributed by atoms with Crippen LogP contribution in [-0.4, -0.2) is 23.6 Å². The molecular formula is C34H30N2O4. The third-order valence-corrected chi connectivity index (χ3v) is 9.62. The molecule has 6 heteroatoms. The molecule has 0 aromatic heterocycles. The second-order valence-corrected chi connectivity index (χ2v) is 11.8. The molecule has 5 aliphatic rings. The van der Waals surface area contributed by atoms with Gasteiger partial charge in [-0.25, -0.2) is 9.80 Å². The SMILES string of the molecule is Cc1ccc(N2C(=O)[C@@H]3C4C=CC(c5ccccc5)([C@H]3C2=O)[C@H]2C(=O)N(c3ccc(C)cc3C)C(=O)[C@H]42)c(C)c1. The lowest BCUT2D eigenvalue weighted by Crippen LogP contribution is -2.60. The fourth-order valence-electron chi connectivity index (χ4n) is 8.07. The van der Waals surface area contributed by atoms with Gasteiger partial charge in [0.25, 0.3) is 0 Å². The average Bonchev–Trinajstić information content (AvgIpc) is 3.37. The molecule has 1 saturated carbocycles. The number of anilines is 2. The van der Waals surface area contributed by atoms with Crippen molar-refractivity contribution in [3.63, 3.8) is 0 Å². The van der Waals surface area contributed by atoms with Crippen molar-refractivity contribution < 1.29 is 19.2 Å². The molecule has 0 N–H and O–H groups in total. The molecule has 200 valence electrons. The van der Waals surface area contributed by atoms with E-state index in [-0.39, 0.29) is 23.6 Å². The number of allylic oxidation sites excluding steroid dienone is 2. The molecule has 8 rings (SSSR count). The summed E-state index contributed by atoms with van der Waals surface area (Å²) in [6, 6.07) is 20.8. The Hall–Kier alpha value is -4.32. The Balaban J connectivity index is 1.43. The minimum Gasteiger partial charge on any atom is -0.274 e. The van der Waals surface area contributed by atoms with Crippen LogP contribution in [-0.2, 0) is 24.6 Å². The zero-order chi connectivity index (χ0) is 28.1. The third kappa shape index (κ3) is 2.99. The van der Waals surface area contributed by atoms with Crippen LogP contribution in [0.25, 0.3) is 0 Å². The first kappa shape index (κ1) is 24.7. The van der Waals surface area contributed by atoms with E-state index in [4.69, 9.17) is 0 Å². The first-order chi connectivity index (χ1) is 19.2. The molecule has 4 amide bonds. The van der Waals surface area contributed by atoms with Crippen molar-refractivity contribution in [1.29, 1.82) is 0 Å². The molecule has 3 aromatic carbocycles. The van der Waals surface area contributed by atoms with Crippen LogP contribution in [0.15, 0.2) is 78.9 Å². The van der Waals surface area contributed by atoms with Gasteiger partial charge in [-0.05, 0) is 56.5 Å². The van der Waals surface area contributed by atoms with Gasteiger partial charge in [-0.15, -0.1) is 0 Å². The summed E-state index contributed by atoms with van der Waals surface area (Å²) in [5.74, 6) is -4.75. The van der Waals surface area contributed by atoms with Crippen molar-refractivity contribution in [2.45, 2.75) is 33.1 Å². The van der Waals surface area contributed by atoms with E-state index in [0.29, 0.717) is 11.4 Å². The molecule has 2 aliphatic heterocycles. The second kappa shape index (κ2) is 8.34. The third-order valence-electron chi connectivity index (χ3n) is 9.62. The molecule has 4 atom stereocenters. The summed E-state index contributed by atoms with van der Waals surface area (Å²) < 4.78 is 0. The van der Waals surface area contributed by atoms with Gasteiger partial charge in [0.2, 0.25) is 23.6 Å². The lowest BCUT2D eigenvalue weighted by molar-refractivity contribution is -0.140. The number of rotatable bonds is 3. The van der Waals surface area contributed by atoms with E-state index in [1.54, 1.807) is 0 Å². The number of imide groups is 2. The Morgan fingerprint density at radius 3 is 1.52 bits per heavy atom. The maximum Gasteiger partial charge on any atom is 0.238 e. The first-order valence-electron chi connectivity index (χ1n) is 13.8. The van der Waals surface area contributed by atoms with Gasteiger partial charge in [-0.3, -0.25) is 19.2 Å². The topological polar surface area (TPSA) is 74.8 Å². The highest BCUT2D eigenvalue weighted by Crippen LogP contribution is 2.65. The van der Waals surface area contributed by atoms with Crippen molar-refractivity contribution in [2.75, 3.05) is 9.80 Å². The summed E-state index contributed by atoms with van der Waals surface area (Å²) in [4.78, 5) is 60.0. The lowest BCUT2D eigenvalue weighted by Gasteiger charge is -2.53. The van der Waals surface area contributed by atoms with Crippen LogP contribution in [0.3, 0.4) is 0 Å². The molecular weight excluding hydrogens is 500 g/mol. The Kier molecular flexibility index (Phi) is 5.15. The summed E-state index contributed by atoms with van der Waals surface area (Å²) in [7, 11) is 0. The van der Waals surface area contributed by atoms with Crippen molar-refractivity contribution in [2.24, 2.45) is 29.6 Å². The molecule has 2 heterocycles. The Morgan fingerprint density at radius 1 is 0.600 bits per heavy atom. The van der Waals surface area contributed by atoms with E-state index in [9.17, 15) is 19.2 Å². The van der Waals surface area contributed by atoms with Gasteiger partial charge in [0, 0.05) is 11.3 Å². The van der Waals surface area contributed by atoms with Crippen LogP contribution in [0.5, 0.6) is 0 Å². The standard InChI is InChI=1S/C34H30N2O4/c1-18-10-12-24(20(3)16-18)35-30(37)26-23-14-15-34(28(26)32(35)39,22-8-6-5-7-9-22)29-27(23)31(38)36(33(29)40)25-13-11-19(2)17-21(25)4/h5-17,23,26-29H,1-4H3/t23?,26-,27-,28-,29-,34?/m1/s1. The molecule has 0 spiro atoms. The minimum atomic E-state index is -1.12. The van der Waals surface area contributed by atoms with Crippen molar-refractivity contribution in [3.05, 3.63) is 107 Å². The van der Waals surface area contributed by atoms with E-state index >= 15 is 0 Å². The monoisotopic (exact) mass is 530 g/mol. The Morgan fingerprint density at radius 2 is 1.07 bits per heavy atom. The molecule has 0 radical (unpaired) electrons. The number of benzene rings is 3. The van der Waals surface area contributed by atoms with E-state index in [1.165, 1.54) is 9.80 Å². The molecule has 2 saturated heterocycles. The van der Waals surface area contributed by atoms with Crippen LogP contribution < -0.4 is 9.80 Å². The highest BCUT2D eigenvalue weighted by atomic mass is 16.2. The lowest BCUT2D eigenvalue weighted by atomic mass is 9.45. The number of carbonyl (C=O) groups is 4. The largest absolute Gasteiger partial charge is 0.274 e. The van der Waals surface area contributed by atoms with Gasteiger partial charge in [-0.1, -0.05) is 77.9 Å². The maximum atomic E-state index is 14.4. The molecule has 40 heavy (non-hydrogen) atoms. The van der Waals surface area contributed by atoms with Crippen molar-refractivity contribution in [1.82, 2.24) is 0 Å². The Bertz CT molecular complexity index is 1580. The van der Waals surface area contributed by atoms with Crippen LogP contribution in [0.4, 0.5) is 11.4 Å². The summed E-state index contributed by atoms with van der Waals surface area (Å²) in [5, 5.41) is 0. The Labute approximate surface area is 233 Å². The fraction of sp³-hybridized carbons (Fsp3) is 0.294. The zero-order valence-electron chi connectivity index (χ0n) is 22.9. The molecule has 3 fully saturated rings. The van der Waals surface area contributed by atoms with Gasteiger partial charge >= 0.3 is 0 Å². The van der Waals surface area contributed by atoms with Crippen molar-refractivity contribution >= 4 is 35.0 Å². The number of carbonyl (C=O) groups excluding carboxylic acids is 4. The van der Waals surface area contributed by atoms with Crippen LogP contribution >= 0.6 is 0 Å². The van der Waals surface area contributed by atoms with E-state index in [1.807, 2.05) is 107 Å². The zero-order valence-corrected chi connectivity index (χ0v) is 22.9. The molecule has 2 bridgehead atoms. The second-order valence-electron chi connectivity index (χ2n) is 11.8. The highest BCUT2D eigenvalue weighted by molar-refractivity contribution is 6.27. The quantitative estimate of drug-likeness (QED) is 0.354. The number of hydrogen-bond donors (Lipinski definition) is 0. The van der Waals surface area contributed by atoms with Crippen LogP contribution in [0.2, 0.25) is 0 Å². The van der Waals surface area contributed by atoms with E-state index in [2.05, 4.69) is 0 Å². The summed E-state index contributed by atoms with van der Waals surface area (Å²) in [6.07, 6.45) is 3.89. The highest BCUT2D eigenvalue weighted by Gasteiger charge is 2.75. The van der Waals surface area contributed by atoms with E-state index < -0.39 is 35.0 Å². The van der Waals surface area contributed by atoms with Gasteiger partial charge < -0.3 is 0 Å². The summed E-state index contributed by atoms with van der Waals surface area (Å²) in [6.45, 7) is 7.74. The first-order valence-corrected chi connectivity index (χ1v) is 13.8. The summed E-state index contributed by atoms with van der Waals surface area (Å²) in [5.41, 5.74) is 4.54. The molecule has 3 aliphatic carbocycles. The smallest absolute Gasteiger partial charge is 0.238 e. The molecule has 0 unspecified atom stereocenters. The number of nitrogens with zero attached hydrogens (tertiary/aromatic N) is 2. The van der Waals surface area contributed by atoms with E-state index in [0.717, 1.165) is 27.8 Å². The summed E-state index contributed by atoms with van der Waals surface area (Å²) >= 11 is 0. The average molecular weight is 531 g/mol. The van der Waals surface area contributed by atoms with Gasteiger partial charge in [0.05, 0.1) is 35.0 Å². The number of aryl methyl sites for hydroxylation is 4. The van der Waals surface area contributed by atoms with Crippen LogP contribution in [0.1, 0.15) is 27.8 Å². The number of hydrogen-bond acceptors (Lipinski definition) is 4. The number of amides is 4. The van der Waals surface area contributed by atoms with Gasteiger partial charge in [0.1, 0.15) is 0 Å². The fourth-order valence-corrected chi connectivity index (χ4v) is 8.07. The maximum absolute atomic E-state index is 14.4. The molecule has 6 nitrogen and oxygen atoms in total. The van der Waals surface area contributed by atoms with Gasteiger partial charge in [0.15, 0.2) is 0 Å². The van der Waals surface area contributed by atoms with Gasteiger partial charge in [-0.2, -0.15) is 0 Å². The molecule has 3 aromatic rings. The van der Waals surface area contributed by atoms with Crippen molar-refractivity contribution in [3.8, 4) is 0 Å². The minimum absolute atomic E-state index is 0.291. The predicted octanol–water partition coefficient (Wildman–Crippen LogP) is 4.97.